The quantitative estimate of drug-likeness (QED) is 0.857. The van der Waals surface area contributed by atoms with Crippen LogP contribution in [0.25, 0.3) is 0 Å². The Hall–Kier alpha value is -1.82. The van der Waals surface area contributed by atoms with E-state index in [9.17, 15) is 5.11 Å². The fraction of sp³-hybridized carbons (Fsp3) is 0.421. The molecule has 0 spiro atoms. The summed E-state index contributed by atoms with van der Waals surface area (Å²) in [4.78, 5) is 9.05. The lowest BCUT2D eigenvalue weighted by molar-refractivity contribution is 0.135. The number of halogens is 1. The van der Waals surface area contributed by atoms with Crippen LogP contribution in [0.2, 0.25) is 5.02 Å². The Balaban J connectivity index is 1.72. The van der Waals surface area contributed by atoms with Gasteiger partial charge in [0.15, 0.2) is 0 Å². The summed E-state index contributed by atoms with van der Waals surface area (Å²) < 4.78 is 5.32. The summed E-state index contributed by atoms with van der Waals surface area (Å²) in [5, 5.41) is 10.2. The molecular formula is C19H24ClN3O2. The normalized spacial score (nSPS) is 18.4. The van der Waals surface area contributed by atoms with Gasteiger partial charge in [0.25, 0.3) is 0 Å². The predicted molar refractivity (Wildman–Crippen MR) is 100 cm³/mol. The van der Waals surface area contributed by atoms with Crippen LogP contribution < -0.4 is 9.64 Å². The first-order valence-electron chi connectivity index (χ1n) is 8.54. The van der Waals surface area contributed by atoms with Crippen LogP contribution in [0.5, 0.6) is 5.75 Å². The van der Waals surface area contributed by atoms with E-state index in [1.165, 1.54) is 5.56 Å². The largest absolute Gasteiger partial charge is 0.497 e. The standard InChI is InChI=1S/C19H24ClN3O2/c1-25-17-5-2-4-15(12-17)13-22-9-10-23(14-16(22)7-11-24)19-18(20)6-3-8-21-19/h2-6,8,12,16,24H,7,9-11,13-14H2,1H3/t16-/m0/s1. The van der Waals surface area contributed by atoms with E-state index in [0.29, 0.717) is 5.02 Å². The Labute approximate surface area is 153 Å². The molecule has 2 heterocycles. The zero-order chi connectivity index (χ0) is 17.6. The summed E-state index contributed by atoms with van der Waals surface area (Å²) in [5.41, 5.74) is 1.21. The van der Waals surface area contributed by atoms with Gasteiger partial charge in [-0.05, 0) is 36.2 Å². The molecule has 1 aliphatic heterocycles. The fourth-order valence-electron chi connectivity index (χ4n) is 3.33. The maximum atomic E-state index is 9.49. The number of aromatic nitrogens is 1. The third-order valence-electron chi connectivity index (χ3n) is 4.63. The Morgan fingerprint density at radius 1 is 1.28 bits per heavy atom. The number of anilines is 1. The van der Waals surface area contributed by atoms with E-state index in [4.69, 9.17) is 16.3 Å². The molecule has 25 heavy (non-hydrogen) atoms. The number of benzene rings is 1. The number of hydrogen-bond acceptors (Lipinski definition) is 5. The van der Waals surface area contributed by atoms with Gasteiger partial charge in [-0.3, -0.25) is 4.90 Å². The first-order valence-corrected chi connectivity index (χ1v) is 8.92. The molecule has 0 bridgehead atoms. The lowest BCUT2D eigenvalue weighted by Crippen LogP contribution is -2.53. The number of piperazine rings is 1. The third-order valence-corrected chi connectivity index (χ3v) is 4.92. The van der Waals surface area contributed by atoms with Crippen molar-refractivity contribution in [3.63, 3.8) is 0 Å². The molecule has 0 saturated carbocycles. The van der Waals surface area contributed by atoms with Crippen LogP contribution in [-0.2, 0) is 6.54 Å². The summed E-state index contributed by atoms with van der Waals surface area (Å²) >= 11 is 6.30. The van der Waals surface area contributed by atoms with Crippen LogP contribution in [0.15, 0.2) is 42.6 Å². The SMILES string of the molecule is COc1cccc(CN2CCN(c3ncccc3Cl)C[C@@H]2CCO)c1. The van der Waals surface area contributed by atoms with Crippen molar-refractivity contribution in [1.29, 1.82) is 0 Å². The van der Waals surface area contributed by atoms with E-state index in [2.05, 4.69) is 26.9 Å². The van der Waals surface area contributed by atoms with Crippen LogP contribution in [0.4, 0.5) is 5.82 Å². The Kier molecular flexibility index (Phi) is 6.13. The summed E-state index contributed by atoms with van der Waals surface area (Å²) in [6.07, 6.45) is 2.50. The van der Waals surface area contributed by atoms with Gasteiger partial charge in [0.1, 0.15) is 11.6 Å². The number of methoxy groups -OCH3 is 1. The van der Waals surface area contributed by atoms with Crippen molar-refractivity contribution in [2.75, 3.05) is 38.3 Å². The molecule has 5 nitrogen and oxygen atoms in total. The van der Waals surface area contributed by atoms with Crippen LogP contribution >= 0.6 is 11.6 Å². The highest BCUT2D eigenvalue weighted by molar-refractivity contribution is 6.32. The van der Waals surface area contributed by atoms with Gasteiger partial charge in [0.05, 0.1) is 12.1 Å². The number of pyridine rings is 1. The first kappa shape index (κ1) is 18.0. The Bertz CT molecular complexity index is 698. The van der Waals surface area contributed by atoms with Crippen molar-refractivity contribution in [1.82, 2.24) is 9.88 Å². The molecule has 1 N–H and O–H groups in total. The summed E-state index contributed by atoms with van der Waals surface area (Å²) in [7, 11) is 1.68. The number of rotatable bonds is 6. The molecule has 2 aromatic rings. The highest BCUT2D eigenvalue weighted by atomic mass is 35.5. The summed E-state index contributed by atoms with van der Waals surface area (Å²) in [5.74, 6) is 1.70. The molecule has 1 aliphatic rings. The number of nitrogens with zero attached hydrogens (tertiary/aromatic N) is 3. The van der Waals surface area contributed by atoms with Crippen LogP contribution in [0.1, 0.15) is 12.0 Å². The van der Waals surface area contributed by atoms with Gasteiger partial charge in [0.2, 0.25) is 0 Å². The average molecular weight is 362 g/mol. The molecule has 1 aromatic heterocycles. The third kappa shape index (κ3) is 4.42. The number of aliphatic hydroxyl groups excluding tert-OH is 1. The minimum atomic E-state index is 0.170. The molecule has 0 radical (unpaired) electrons. The molecule has 6 heteroatoms. The maximum absolute atomic E-state index is 9.49. The van der Waals surface area contributed by atoms with Crippen molar-refractivity contribution in [2.24, 2.45) is 0 Å². The van der Waals surface area contributed by atoms with Gasteiger partial charge in [-0.1, -0.05) is 23.7 Å². The predicted octanol–water partition coefficient (Wildman–Crippen LogP) is 2.82. The van der Waals surface area contributed by atoms with Crippen LogP contribution in [-0.4, -0.2) is 54.4 Å². The Morgan fingerprint density at radius 2 is 2.16 bits per heavy atom. The van der Waals surface area contributed by atoms with E-state index < -0.39 is 0 Å². The van der Waals surface area contributed by atoms with Crippen molar-refractivity contribution in [3.8, 4) is 5.75 Å². The molecule has 1 fully saturated rings. The van der Waals surface area contributed by atoms with Gasteiger partial charge < -0.3 is 14.7 Å². The Morgan fingerprint density at radius 3 is 2.92 bits per heavy atom. The van der Waals surface area contributed by atoms with E-state index in [-0.39, 0.29) is 12.6 Å². The number of hydrogen-bond donors (Lipinski definition) is 1. The average Bonchev–Trinajstić information content (AvgIpc) is 2.64. The van der Waals surface area contributed by atoms with Crippen molar-refractivity contribution in [3.05, 3.63) is 53.2 Å². The molecule has 0 unspecified atom stereocenters. The minimum Gasteiger partial charge on any atom is -0.497 e. The van der Waals surface area contributed by atoms with Gasteiger partial charge >= 0.3 is 0 Å². The van der Waals surface area contributed by atoms with E-state index in [1.54, 1.807) is 13.3 Å². The van der Waals surface area contributed by atoms with E-state index in [1.807, 2.05) is 24.3 Å². The van der Waals surface area contributed by atoms with Gasteiger partial charge in [0, 0.05) is 45.0 Å². The number of aliphatic hydroxyl groups is 1. The van der Waals surface area contributed by atoms with Crippen molar-refractivity contribution >= 4 is 17.4 Å². The molecular weight excluding hydrogens is 338 g/mol. The smallest absolute Gasteiger partial charge is 0.147 e. The van der Waals surface area contributed by atoms with Gasteiger partial charge in [-0.2, -0.15) is 0 Å². The minimum absolute atomic E-state index is 0.170. The lowest BCUT2D eigenvalue weighted by atomic mass is 10.1. The molecule has 1 saturated heterocycles. The fourth-order valence-corrected chi connectivity index (χ4v) is 3.57. The summed E-state index contributed by atoms with van der Waals surface area (Å²) in [6, 6.07) is 12.1. The van der Waals surface area contributed by atoms with Crippen molar-refractivity contribution in [2.45, 2.75) is 19.0 Å². The molecule has 3 rings (SSSR count). The molecule has 1 aromatic carbocycles. The van der Waals surface area contributed by atoms with Gasteiger partial charge in [-0.25, -0.2) is 4.98 Å². The van der Waals surface area contributed by atoms with Gasteiger partial charge in [-0.15, -0.1) is 0 Å². The molecule has 0 aliphatic carbocycles. The zero-order valence-electron chi connectivity index (χ0n) is 14.4. The van der Waals surface area contributed by atoms with Crippen molar-refractivity contribution < 1.29 is 9.84 Å². The zero-order valence-corrected chi connectivity index (χ0v) is 15.2. The monoisotopic (exact) mass is 361 g/mol. The molecule has 134 valence electrons. The first-order chi connectivity index (χ1) is 12.2. The van der Waals surface area contributed by atoms with E-state index >= 15 is 0 Å². The molecule has 0 amide bonds. The second kappa shape index (κ2) is 8.52. The second-order valence-corrected chi connectivity index (χ2v) is 6.65. The van der Waals surface area contributed by atoms with E-state index in [0.717, 1.165) is 44.2 Å². The molecule has 1 atom stereocenters. The highest BCUT2D eigenvalue weighted by Crippen LogP contribution is 2.26. The highest BCUT2D eigenvalue weighted by Gasteiger charge is 2.28. The maximum Gasteiger partial charge on any atom is 0.147 e. The topological polar surface area (TPSA) is 48.8 Å². The number of ether oxygens (including phenoxy) is 1. The second-order valence-electron chi connectivity index (χ2n) is 6.24. The summed E-state index contributed by atoms with van der Waals surface area (Å²) in [6.45, 7) is 3.58. The van der Waals surface area contributed by atoms with Crippen LogP contribution in [0, 0.1) is 0 Å². The van der Waals surface area contributed by atoms with Crippen LogP contribution in [0.3, 0.4) is 0 Å². The lowest BCUT2D eigenvalue weighted by Gasteiger charge is -2.42.